The lowest BCUT2D eigenvalue weighted by molar-refractivity contribution is -0.126. The largest absolute Gasteiger partial charge is 0.372 e. The van der Waals surface area contributed by atoms with Gasteiger partial charge in [-0.05, 0) is 17.5 Å². The van der Waals surface area contributed by atoms with Gasteiger partial charge in [-0.1, -0.05) is 24.3 Å². The molecule has 0 fully saturated rings. The average molecular weight is 277 g/mol. The highest BCUT2D eigenvalue weighted by molar-refractivity contribution is 5.31. The first-order chi connectivity index (χ1) is 9.00. The number of benzene rings is 1. The lowest BCUT2D eigenvalue weighted by Gasteiger charge is -2.27. The smallest absolute Gasteiger partial charge is 0.319 e. The van der Waals surface area contributed by atoms with Crippen LogP contribution in [-0.2, 0) is 11.2 Å². The number of ether oxygens (including phenoxy) is 1. The molecule has 1 aromatic rings. The van der Waals surface area contributed by atoms with E-state index in [0.717, 1.165) is 17.5 Å². The van der Waals surface area contributed by atoms with Crippen molar-refractivity contribution in [3.8, 4) is 0 Å². The summed E-state index contributed by atoms with van der Waals surface area (Å²) in [4.78, 5) is 0. The van der Waals surface area contributed by atoms with E-state index in [1.807, 2.05) is 24.3 Å². The molecule has 0 radical (unpaired) electrons. The number of halogens is 4. The molecule has 19 heavy (non-hydrogen) atoms. The zero-order valence-corrected chi connectivity index (χ0v) is 10.2. The van der Waals surface area contributed by atoms with Crippen LogP contribution in [0, 0.1) is 0 Å². The monoisotopic (exact) mass is 277 g/mol. The minimum atomic E-state index is -4.01. The van der Waals surface area contributed by atoms with Gasteiger partial charge in [0.2, 0.25) is 0 Å². The van der Waals surface area contributed by atoms with Crippen LogP contribution in [0.5, 0.6) is 0 Å². The molecule has 1 aromatic carbocycles. The molecule has 0 spiro atoms. The quantitative estimate of drug-likeness (QED) is 0.836. The van der Waals surface area contributed by atoms with Crippen LogP contribution in [0.4, 0.5) is 17.6 Å². The third-order valence-electron chi connectivity index (χ3n) is 3.10. The molecular weight excluding hydrogens is 262 g/mol. The van der Waals surface area contributed by atoms with Crippen molar-refractivity contribution in [2.24, 2.45) is 0 Å². The van der Waals surface area contributed by atoms with Gasteiger partial charge in [0.05, 0.1) is 19.3 Å². The summed E-state index contributed by atoms with van der Waals surface area (Å²) in [6, 6.07) is 7.57. The van der Waals surface area contributed by atoms with Crippen molar-refractivity contribution < 1.29 is 22.3 Å². The van der Waals surface area contributed by atoms with Gasteiger partial charge >= 0.3 is 12.3 Å². The van der Waals surface area contributed by atoms with Crippen molar-refractivity contribution in [1.29, 1.82) is 0 Å². The summed E-state index contributed by atoms with van der Waals surface area (Å²) in [5, 5.41) is 2.36. The maximum atomic E-state index is 12.7. The predicted octanol–water partition coefficient (Wildman–Crippen LogP) is 2.79. The van der Waals surface area contributed by atoms with Gasteiger partial charge in [-0.3, -0.25) is 0 Å². The molecule has 6 heteroatoms. The lowest BCUT2D eigenvalue weighted by Crippen LogP contribution is -2.41. The van der Waals surface area contributed by atoms with Gasteiger partial charge in [0.25, 0.3) is 0 Å². The van der Waals surface area contributed by atoms with Crippen molar-refractivity contribution in [3.05, 3.63) is 35.4 Å². The number of hydrogen-bond donors (Lipinski definition) is 1. The maximum absolute atomic E-state index is 12.7. The summed E-state index contributed by atoms with van der Waals surface area (Å²) < 4.78 is 55.0. The Hall–Kier alpha value is -1.14. The van der Waals surface area contributed by atoms with Gasteiger partial charge in [-0.2, -0.15) is 8.78 Å². The van der Waals surface area contributed by atoms with Gasteiger partial charge < -0.3 is 10.1 Å². The molecule has 1 aliphatic heterocycles. The van der Waals surface area contributed by atoms with E-state index in [9.17, 15) is 17.6 Å². The second kappa shape index (κ2) is 5.88. The zero-order valence-electron chi connectivity index (χ0n) is 10.2. The van der Waals surface area contributed by atoms with E-state index in [1.165, 1.54) is 0 Å². The Morgan fingerprint density at radius 2 is 2.05 bits per heavy atom. The summed E-state index contributed by atoms with van der Waals surface area (Å²) in [6.45, 7) is -0.444. The Bertz CT molecular complexity index is 425. The molecular formula is C13H15F4NO. The minimum Gasteiger partial charge on any atom is -0.372 e. The second-order valence-corrected chi connectivity index (χ2v) is 4.50. The Labute approximate surface area is 108 Å². The summed E-state index contributed by atoms with van der Waals surface area (Å²) >= 11 is 0. The molecule has 2 nitrogen and oxygen atoms in total. The first-order valence-electron chi connectivity index (χ1n) is 6.07. The SMILES string of the molecule is FC(F)C(F)(F)CNCC1OCCc2ccccc21. The highest BCUT2D eigenvalue weighted by atomic mass is 19.3. The number of alkyl halides is 4. The Balaban J connectivity index is 1.91. The van der Waals surface area contributed by atoms with Gasteiger partial charge in [0.15, 0.2) is 0 Å². The fourth-order valence-corrected chi connectivity index (χ4v) is 2.09. The Morgan fingerprint density at radius 1 is 1.32 bits per heavy atom. The minimum absolute atomic E-state index is 0.0966. The summed E-state index contributed by atoms with van der Waals surface area (Å²) in [5.74, 6) is -4.01. The first-order valence-corrected chi connectivity index (χ1v) is 6.07. The fourth-order valence-electron chi connectivity index (χ4n) is 2.09. The molecule has 1 unspecified atom stereocenters. The Morgan fingerprint density at radius 3 is 2.79 bits per heavy atom. The third kappa shape index (κ3) is 3.45. The van der Waals surface area contributed by atoms with Crippen LogP contribution in [0.25, 0.3) is 0 Å². The highest BCUT2D eigenvalue weighted by Crippen LogP contribution is 2.27. The summed E-state index contributed by atoms with van der Waals surface area (Å²) in [5.41, 5.74) is 2.04. The molecule has 0 bridgehead atoms. The van der Waals surface area contributed by atoms with E-state index >= 15 is 0 Å². The van der Waals surface area contributed by atoms with E-state index in [4.69, 9.17) is 4.74 Å². The van der Waals surface area contributed by atoms with Crippen LogP contribution in [0.2, 0.25) is 0 Å². The molecule has 1 aliphatic rings. The molecule has 106 valence electrons. The molecule has 0 amide bonds. The third-order valence-corrected chi connectivity index (χ3v) is 3.10. The highest BCUT2D eigenvalue weighted by Gasteiger charge is 2.40. The van der Waals surface area contributed by atoms with E-state index in [2.05, 4.69) is 5.32 Å². The molecule has 1 N–H and O–H groups in total. The van der Waals surface area contributed by atoms with Crippen molar-refractivity contribution in [3.63, 3.8) is 0 Å². The molecule has 1 atom stereocenters. The van der Waals surface area contributed by atoms with Gasteiger partial charge in [0, 0.05) is 6.54 Å². The molecule has 0 aliphatic carbocycles. The van der Waals surface area contributed by atoms with Crippen molar-refractivity contribution in [2.75, 3.05) is 19.7 Å². The normalized spacial score (nSPS) is 19.5. The lowest BCUT2D eigenvalue weighted by atomic mass is 9.97. The number of nitrogens with one attached hydrogen (secondary N) is 1. The van der Waals surface area contributed by atoms with Crippen LogP contribution in [0.3, 0.4) is 0 Å². The van der Waals surface area contributed by atoms with Crippen LogP contribution in [0.1, 0.15) is 17.2 Å². The summed E-state index contributed by atoms with van der Waals surface area (Å²) in [7, 11) is 0. The van der Waals surface area contributed by atoms with E-state index in [0.29, 0.717) is 6.61 Å². The standard InChI is InChI=1S/C13H15F4NO/c14-12(15)13(16,17)8-18-7-11-10-4-2-1-3-9(10)5-6-19-11/h1-4,11-12,18H,5-8H2. The molecule has 1 heterocycles. The second-order valence-electron chi connectivity index (χ2n) is 4.50. The predicted molar refractivity (Wildman–Crippen MR) is 62.7 cm³/mol. The molecule has 0 saturated heterocycles. The first kappa shape index (κ1) is 14.3. The molecule has 2 rings (SSSR count). The fraction of sp³-hybridized carbons (Fsp3) is 0.538. The van der Waals surface area contributed by atoms with E-state index in [1.54, 1.807) is 0 Å². The maximum Gasteiger partial charge on any atom is 0.319 e. The summed E-state index contributed by atoms with van der Waals surface area (Å²) in [6.07, 6.45) is -3.24. The van der Waals surface area contributed by atoms with Gasteiger partial charge in [0.1, 0.15) is 0 Å². The van der Waals surface area contributed by atoms with Crippen molar-refractivity contribution in [1.82, 2.24) is 5.32 Å². The topological polar surface area (TPSA) is 21.3 Å². The van der Waals surface area contributed by atoms with Crippen LogP contribution >= 0.6 is 0 Å². The zero-order chi connectivity index (χ0) is 13.9. The number of fused-ring (bicyclic) bond motifs is 1. The molecule has 0 aromatic heterocycles. The van der Waals surface area contributed by atoms with E-state index in [-0.39, 0.29) is 12.6 Å². The van der Waals surface area contributed by atoms with Gasteiger partial charge in [-0.25, -0.2) is 8.78 Å². The average Bonchev–Trinajstić information content (AvgIpc) is 2.38. The number of hydrogen-bond acceptors (Lipinski definition) is 2. The Kier molecular flexibility index (Phi) is 4.42. The van der Waals surface area contributed by atoms with E-state index < -0.39 is 18.9 Å². The number of rotatable bonds is 5. The van der Waals surface area contributed by atoms with Crippen molar-refractivity contribution >= 4 is 0 Å². The van der Waals surface area contributed by atoms with Crippen LogP contribution in [0.15, 0.2) is 24.3 Å². The van der Waals surface area contributed by atoms with Crippen molar-refractivity contribution in [2.45, 2.75) is 24.9 Å². The van der Waals surface area contributed by atoms with Crippen LogP contribution < -0.4 is 5.32 Å². The van der Waals surface area contributed by atoms with Gasteiger partial charge in [-0.15, -0.1) is 0 Å². The van der Waals surface area contributed by atoms with Crippen LogP contribution in [-0.4, -0.2) is 32.0 Å². The molecule has 0 saturated carbocycles.